The van der Waals surface area contributed by atoms with Crippen LogP contribution >= 0.6 is 0 Å². The van der Waals surface area contributed by atoms with Crippen LogP contribution in [0, 0.1) is 14.1 Å². The standard InChI is InChI=1S/C18H20IO2/c1-12-6-5-7-15(16(12)17(20)21)19-14-10-8-13(9-11-14)18(2,3)4/h5-11H,1-4H3,(H,20,21)/q-1. The first-order valence-corrected chi connectivity index (χ1v) is 9.03. The second kappa shape index (κ2) is 6.18. The molecule has 0 aliphatic carbocycles. The van der Waals surface area contributed by atoms with E-state index >= 15 is 0 Å². The molecule has 1 N–H and O–H groups in total. The summed E-state index contributed by atoms with van der Waals surface area (Å²) in [7, 11) is 0. The molecule has 3 heteroatoms. The second-order valence-corrected chi connectivity index (χ2v) is 9.04. The average Bonchev–Trinajstić information content (AvgIpc) is 2.38. The summed E-state index contributed by atoms with van der Waals surface area (Å²) in [5, 5.41) is 9.39. The molecule has 0 unspecified atom stereocenters. The van der Waals surface area contributed by atoms with Crippen LogP contribution in [0.1, 0.15) is 42.3 Å². The molecule has 0 aliphatic heterocycles. The van der Waals surface area contributed by atoms with Crippen LogP contribution in [0.3, 0.4) is 0 Å². The van der Waals surface area contributed by atoms with Gasteiger partial charge in [0.1, 0.15) is 0 Å². The summed E-state index contributed by atoms with van der Waals surface area (Å²) >= 11 is -0.474. The third-order valence-electron chi connectivity index (χ3n) is 3.36. The third-order valence-corrected chi connectivity index (χ3v) is 6.18. The summed E-state index contributed by atoms with van der Waals surface area (Å²) in [5.41, 5.74) is 2.76. The number of hydrogen-bond acceptors (Lipinski definition) is 1. The van der Waals surface area contributed by atoms with Gasteiger partial charge in [0, 0.05) is 0 Å². The summed E-state index contributed by atoms with van der Waals surface area (Å²) in [4.78, 5) is 11.4. The van der Waals surface area contributed by atoms with Crippen LogP contribution in [0.25, 0.3) is 0 Å². The number of carboxylic acid groups (broad SMARTS) is 1. The van der Waals surface area contributed by atoms with Crippen molar-refractivity contribution in [3.05, 3.63) is 66.3 Å². The van der Waals surface area contributed by atoms with Gasteiger partial charge in [-0.15, -0.1) is 0 Å². The zero-order chi connectivity index (χ0) is 15.6. The zero-order valence-electron chi connectivity index (χ0n) is 12.8. The monoisotopic (exact) mass is 395 g/mol. The number of benzene rings is 2. The Hall–Kier alpha value is -1.36. The average molecular weight is 395 g/mol. The molecule has 2 rings (SSSR count). The van der Waals surface area contributed by atoms with Gasteiger partial charge in [0.05, 0.1) is 0 Å². The Morgan fingerprint density at radius 1 is 1.05 bits per heavy atom. The third kappa shape index (κ3) is 3.84. The van der Waals surface area contributed by atoms with E-state index in [1.807, 2.05) is 25.1 Å². The number of hydrogen-bond donors (Lipinski definition) is 1. The molecule has 0 bridgehead atoms. The first-order valence-electron chi connectivity index (χ1n) is 6.87. The predicted molar refractivity (Wildman–Crippen MR) is 80.7 cm³/mol. The van der Waals surface area contributed by atoms with Crippen LogP contribution in [0.5, 0.6) is 0 Å². The number of aryl methyl sites for hydroxylation is 1. The van der Waals surface area contributed by atoms with Crippen LogP contribution in [0.4, 0.5) is 0 Å². The van der Waals surface area contributed by atoms with Gasteiger partial charge in [0.25, 0.3) is 0 Å². The van der Waals surface area contributed by atoms with Crippen LogP contribution < -0.4 is 21.2 Å². The van der Waals surface area contributed by atoms with Crippen molar-refractivity contribution in [1.82, 2.24) is 0 Å². The number of carboxylic acids is 1. The van der Waals surface area contributed by atoms with E-state index in [-0.39, 0.29) is 5.41 Å². The molecule has 0 aromatic heterocycles. The van der Waals surface area contributed by atoms with Gasteiger partial charge >= 0.3 is 136 Å². The Kier molecular flexibility index (Phi) is 4.71. The molecule has 0 spiro atoms. The van der Waals surface area contributed by atoms with E-state index < -0.39 is 27.2 Å². The summed E-state index contributed by atoms with van der Waals surface area (Å²) in [6.07, 6.45) is 0. The molecular formula is C18H20IO2-. The van der Waals surface area contributed by atoms with E-state index in [0.29, 0.717) is 5.56 Å². The number of aromatic carboxylic acids is 1. The summed E-state index contributed by atoms with van der Waals surface area (Å²) in [6.45, 7) is 8.44. The molecule has 2 aromatic carbocycles. The minimum absolute atomic E-state index is 0.145. The van der Waals surface area contributed by atoms with Gasteiger partial charge in [-0.2, -0.15) is 0 Å². The fraction of sp³-hybridized carbons (Fsp3) is 0.278. The van der Waals surface area contributed by atoms with E-state index in [0.717, 1.165) is 9.13 Å². The SMILES string of the molecule is Cc1cccc([I-]c2ccc(C(C)(C)C)cc2)c1C(=O)O. The van der Waals surface area contributed by atoms with Crippen molar-refractivity contribution in [3.8, 4) is 0 Å². The van der Waals surface area contributed by atoms with Gasteiger partial charge in [-0.25, -0.2) is 0 Å². The normalized spacial score (nSPS) is 11.6. The van der Waals surface area contributed by atoms with Gasteiger partial charge in [0.15, 0.2) is 0 Å². The fourth-order valence-corrected chi connectivity index (χ4v) is 4.82. The Morgan fingerprint density at radius 2 is 1.67 bits per heavy atom. The van der Waals surface area contributed by atoms with E-state index in [4.69, 9.17) is 0 Å². The molecule has 0 saturated heterocycles. The molecule has 0 radical (unpaired) electrons. The Bertz CT molecular complexity index is 652. The topological polar surface area (TPSA) is 37.3 Å². The van der Waals surface area contributed by atoms with Crippen LogP contribution in [0.15, 0.2) is 42.5 Å². The van der Waals surface area contributed by atoms with E-state index in [2.05, 4.69) is 45.0 Å². The molecule has 0 fully saturated rings. The molecule has 0 atom stereocenters. The van der Waals surface area contributed by atoms with Gasteiger partial charge in [-0.1, -0.05) is 0 Å². The van der Waals surface area contributed by atoms with E-state index in [1.165, 1.54) is 9.13 Å². The Balaban J connectivity index is 2.31. The molecule has 2 aromatic rings. The molecular weight excluding hydrogens is 375 g/mol. The van der Waals surface area contributed by atoms with Crippen molar-refractivity contribution in [3.63, 3.8) is 0 Å². The van der Waals surface area contributed by atoms with Crippen molar-refractivity contribution < 1.29 is 31.1 Å². The van der Waals surface area contributed by atoms with E-state index in [1.54, 1.807) is 0 Å². The number of carbonyl (C=O) groups is 1. The Morgan fingerprint density at radius 3 is 2.19 bits per heavy atom. The minimum atomic E-state index is -0.825. The maximum atomic E-state index is 11.4. The molecule has 2 nitrogen and oxygen atoms in total. The van der Waals surface area contributed by atoms with Crippen molar-refractivity contribution in [2.45, 2.75) is 33.1 Å². The van der Waals surface area contributed by atoms with E-state index in [9.17, 15) is 9.90 Å². The number of halogens is 1. The number of rotatable bonds is 3. The second-order valence-electron chi connectivity index (χ2n) is 6.09. The van der Waals surface area contributed by atoms with Crippen LogP contribution in [-0.2, 0) is 5.41 Å². The Labute approximate surface area is 136 Å². The van der Waals surface area contributed by atoms with Gasteiger partial charge in [0.2, 0.25) is 0 Å². The molecule has 0 saturated carbocycles. The molecule has 21 heavy (non-hydrogen) atoms. The fourth-order valence-electron chi connectivity index (χ4n) is 2.11. The first-order chi connectivity index (χ1) is 9.79. The maximum absolute atomic E-state index is 11.4. The van der Waals surface area contributed by atoms with Crippen molar-refractivity contribution in [1.29, 1.82) is 0 Å². The summed E-state index contributed by atoms with van der Waals surface area (Å²) < 4.78 is 2.22. The summed E-state index contributed by atoms with van der Waals surface area (Å²) in [6, 6.07) is 14.3. The molecule has 0 heterocycles. The van der Waals surface area contributed by atoms with Crippen molar-refractivity contribution in [2.75, 3.05) is 0 Å². The van der Waals surface area contributed by atoms with Crippen LogP contribution in [-0.4, -0.2) is 11.1 Å². The van der Waals surface area contributed by atoms with Gasteiger partial charge in [-0.05, 0) is 0 Å². The molecule has 112 valence electrons. The molecule has 0 amide bonds. The van der Waals surface area contributed by atoms with Gasteiger partial charge < -0.3 is 0 Å². The zero-order valence-corrected chi connectivity index (χ0v) is 14.9. The van der Waals surface area contributed by atoms with Gasteiger partial charge in [-0.3, -0.25) is 0 Å². The quantitative estimate of drug-likeness (QED) is 0.792. The molecule has 0 aliphatic rings. The first kappa shape index (κ1) is 16.0. The van der Waals surface area contributed by atoms with Crippen molar-refractivity contribution >= 4 is 5.97 Å². The van der Waals surface area contributed by atoms with Crippen LogP contribution in [0.2, 0.25) is 0 Å². The summed E-state index contributed by atoms with van der Waals surface area (Å²) in [5.74, 6) is -0.825. The predicted octanol–water partition coefficient (Wildman–Crippen LogP) is 1.12. The van der Waals surface area contributed by atoms with Crippen molar-refractivity contribution in [2.24, 2.45) is 0 Å².